The van der Waals surface area contributed by atoms with Crippen LogP contribution in [0, 0.1) is 5.92 Å². The second kappa shape index (κ2) is 9.67. The van der Waals surface area contributed by atoms with Gasteiger partial charge >= 0.3 is 0 Å². The van der Waals surface area contributed by atoms with Gasteiger partial charge in [0.1, 0.15) is 0 Å². The Hall–Kier alpha value is -1.22. The topological polar surface area (TPSA) is 44.5 Å². The van der Waals surface area contributed by atoms with Crippen LogP contribution >= 0.6 is 0 Å². The Kier molecular flexibility index (Phi) is 8.21. The molecule has 0 aliphatic carbocycles. The molecule has 1 aromatic carbocycles. The zero-order valence-corrected chi connectivity index (χ0v) is 14.0. The molecule has 2 N–H and O–H groups in total. The van der Waals surface area contributed by atoms with E-state index >= 15 is 0 Å². The molecular weight excluding hydrogens is 262 g/mol. The molecule has 0 radical (unpaired) electrons. The minimum atomic E-state index is 0.213. The van der Waals surface area contributed by atoms with Crippen LogP contribution in [-0.2, 0) is 6.42 Å². The highest BCUT2D eigenvalue weighted by molar-refractivity contribution is 5.43. The van der Waals surface area contributed by atoms with Crippen molar-refractivity contribution in [3.8, 4) is 11.5 Å². The number of benzene rings is 1. The minimum Gasteiger partial charge on any atom is -0.493 e. The first-order chi connectivity index (χ1) is 10.1. The van der Waals surface area contributed by atoms with Gasteiger partial charge in [-0.15, -0.1) is 0 Å². The van der Waals surface area contributed by atoms with E-state index in [0.717, 1.165) is 30.3 Å². The van der Waals surface area contributed by atoms with Crippen molar-refractivity contribution in [2.24, 2.45) is 11.7 Å². The summed E-state index contributed by atoms with van der Waals surface area (Å²) in [6.07, 6.45) is 7.09. The maximum absolute atomic E-state index is 6.34. The van der Waals surface area contributed by atoms with Crippen molar-refractivity contribution in [2.75, 3.05) is 14.2 Å². The normalized spacial score (nSPS) is 13.8. The van der Waals surface area contributed by atoms with Crippen molar-refractivity contribution in [3.63, 3.8) is 0 Å². The molecule has 0 saturated carbocycles. The maximum Gasteiger partial charge on any atom is 0.160 e. The molecule has 3 heteroatoms. The van der Waals surface area contributed by atoms with Crippen LogP contribution < -0.4 is 15.2 Å². The molecule has 3 nitrogen and oxygen atoms in total. The number of rotatable bonds is 10. The van der Waals surface area contributed by atoms with E-state index in [9.17, 15) is 0 Å². The summed E-state index contributed by atoms with van der Waals surface area (Å²) in [5.74, 6) is 2.30. The van der Waals surface area contributed by atoms with E-state index in [2.05, 4.69) is 19.9 Å². The third-order valence-corrected chi connectivity index (χ3v) is 4.13. The Bertz CT molecular complexity index is 406. The summed E-state index contributed by atoms with van der Waals surface area (Å²) in [4.78, 5) is 0. The SMILES string of the molecule is CCCCC(CC)CC(N)Cc1ccc(OC)c(OC)c1. The molecule has 21 heavy (non-hydrogen) atoms. The maximum atomic E-state index is 6.34. The number of nitrogens with two attached hydrogens (primary N) is 1. The molecule has 0 aliphatic rings. The molecule has 1 rings (SSSR count). The number of hydrogen-bond acceptors (Lipinski definition) is 3. The summed E-state index contributed by atoms with van der Waals surface area (Å²) >= 11 is 0. The fraction of sp³-hybridized carbons (Fsp3) is 0.667. The summed E-state index contributed by atoms with van der Waals surface area (Å²) in [6, 6.07) is 6.28. The molecule has 0 heterocycles. The molecule has 0 aliphatic heterocycles. The molecule has 1 aromatic rings. The molecule has 0 fully saturated rings. The lowest BCUT2D eigenvalue weighted by atomic mass is 9.90. The zero-order chi connectivity index (χ0) is 15.7. The first-order valence-corrected chi connectivity index (χ1v) is 8.11. The van der Waals surface area contributed by atoms with Crippen molar-refractivity contribution in [1.29, 1.82) is 0 Å². The first-order valence-electron chi connectivity index (χ1n) is 8.11. The molecular formula is C18H31NO2. The van der Waals surface area contributed by atoms with Crippen LogP contribution in [0.1, 0.15) is 51.5 Å². The lowest BCUT2D eigenvalue weighted by molar-refractivity contribution is 0.353. The van der Waals surface area contributed by atoms with Gasteiger partial charge < -0.3 is 15.2 Å². The van der Waals surface area contributed by atoms with Crippen LogP contribution in [0.15, 0.2) is 18.2 Å². The second-order valence-corrected chi connectivity index (χ2v) is 5.81. The second-order valence-electron chi connectivity index (χ2n) is 5.81. The van der Waals surface area contributed by atoms with Gasteiger partial charge in [0.2, 0.25) is 0 Å². The Labute approximate surface area is 129 Å². The van der Waals surface area contributed by atoms with E-state index in [4.69, 9.17) is 15.2 Å². The van der Waals surface area contributed by atoms with Crippen molar-refractivity contribution >= 4 is 0 Å². The number of unbranched alkanes of at least 4 members (excludes halogenated alkanes) is 1. The Morgan fingerprint density at radius 2 is 1.81 bits per heavy atom. The van der Waals surface area contributed by atoms with Crippen LogP contribution in [0.5, 0.6) is 11.5 Å². The number of ether oxygens (including phenoxy) is 2. The molecule has 2 atom stereocenters. The highest BCUT2D eigenvalue weighted by Gasteiger charge is 2.13. The number of methoxy groups -OCH3 is 2. The van der Waals surface area contributed by atoms with Gasteiger partial charge in [-0.25, -0.2) is 0 Å². The van der Waals surface area contributed by atoms with Gasteiger partial charge in [-0.3, -0.25) is 0 Å². The zero-order valence-electron chi connectivity index (χ0n) is 14.0. The Morgan fingerprint density at radius 3 is 2.38 bits per heavy atom. The third-order valence-electron chi connectivity index (χ3n) is 4.13. The molecule has 120 valence electrons. The minimum absolute atomic E-state index is 0.213. The summed E-state index contributed by atoms with van der Waals surface area (Å²) in [5, 5.41) is 0. The standard InChI is InChI=1S/C18H31NO2/c1-5-7-8-14(6-2)11-16(19)12-15-9-10-17(20-3)18(13-15)21-4/h9-10,13-14,16H,5-8,11-12,19H2,1-4H3. The monoisotopic (exact) mass is 293 g/mol. The van der Waals surface area contributed by atoms with Crippen molar-refractivity contribution < 1.29 is 9.47 Å². The van der Waals surface area contributed by atoms with Crippen LogP contribution in [0.2, 0.25) is 0 Å². The van der Waals surface area contributed by atoms with Crippen molar-refractivity contribution in [3.05, 3.63) is 23.8 Å². The molecule has 0 amide bonds. The summed E-state index contributed by atoms with van der Waals surface area (Å²) in [7, 11) is 3.32. The molecule has 0 aromatic heterocycles. The fourth-order valence-electron chi connectivity index (χ4n) is 2.80. The van der Waals surface area contributed by atoms with Crippen LogP contribution in [0.3, 0.4) is 0 Å². The summed E-state index contributed by atoms with van der Waals surface area (Å²) < 4.78 is 10.6. The van der Waals surface area contributed by atoms with Gasteiger partial charge in [-0.05, 0) is 36.5 Å². The molecule has 0 spiro atoms. The lowest BCUT2D eigenvalue weighted by Gasteiger charge is -2.20. The van der Waals surface area contributed by atoms with E-state index in [1.807, 2.05) is 12.1 Å². The quantitative estimate of drug-likeness (QED) is 0.704. The average molecular weight is 293 g/mol. The van der Waals surface area contributed by atoms with E-state index in [0.29, 0.717) is 0 Å². The Balaban J connectivity index is 2.59. The summed E-state index contributed by atoms with van der Waals surface area (Å²) in [5.41, 5.74) is 7.56. The van der Waals surface area contributed by atoms with Crippen LogP contribution in [0.25, 0.3) is 0 Å². The molecule has 0 bridgehead atoms. The lowest BCUT2D eigenvalue weighted by Crippen LogP contribution is -2.26. The van der Waals surface area contributed by atoms with E-state index in [1.54, 1.807) is 14.2 Å². The molecule has 2 unspecified atom stereocenters. The van der Waals surface area contributed by atoms with Crippen LogP contribution in [-0.4, -0.2) is 20.3 Å². The largest absolute Gasteiger partial charge is 0.493 e. The van der Waals surface area contributed by atoms with Gasteiger partial charge in [0.15, 0.2) is 11.5 Å². The van der Waals surface area contributed by atoms with Gasteiger partial charge in [0.05, 0.1) is 14.2 Å². The van der Waals surface area contributed by atoms with Crippen molar-refractivity contribution in [2.45, 2.75) is 58.4 Å². The summed E-state index contributed by atoms with van der Waals surface area (Å²) in [6.45, 7) is 4.51. The van der Waals surface area contributed by atoms with E-state index in [1.165, 1.54) is 31.2 Å². The van der Waals surface area contributed by atoms with Gasteiger partial charge in [-0.1, -0.05) is 45.6 Å². The van der Waals surface area contributed by atoms with Crippen molar-refractivity contribution in [1.82, 2.24) is 0 Å². The van der Waals surface area contributed by atoms with Gasteiger partial charge in [0, 0.05) is 6.04 Å². The van der Waals surface area contributed by atoms with E-state index in [-0.39, 0.29) is 6.04 Å². The highest BCUT2D eigenvalue weighted by Crippen LogP contribution is 2.28. The first kappa shape index (κ1) is 17.8. The smallest absolute Gasteiger partial charge is 0.160 e. The Morgan fingerprint density at radius 1 is 1.10 bits per heavy atom. The van der Waals surface area contributed by atoms with Crippen LogP contribution in [0.4, 0.5) is 0 Å². The van der Waals surface area contributed by atoms with Gasteiger partial charge in [0.25, 0.3) is 0 Å². The predicted octanol–water partition coefficient (Wildman–Crippen LogP) is 4.18. The average Bonchev–Trinajstić information content (AvgIpc) is 2.51. The molecule has 0 saturated heterocycles. The highest BCUT2D eigenvalue weighted by atomic mass is 16.5. The number of hydrogen-bond donors (Lipinski definition) is 1. The fourth-order valence-corrected chi connectivity index (χ4v) is 2.80. The third kappa shape index (κ3) is 5.96. The van der Waals surface area contributed by atoms with E-state index < -0.39 is 0 Å². The van der Waals surface area contributed by atoms with Gasteiger partial charge in [-0.2, -0.15) is 0 Å². The predicted molar refractivity (Wildman–Crippen MR) is 89.1 cm³/mol.